The largest absolute Gasteiger partial charge is 0.469 e. The van der Waals surface area contributed by atoms with E-state index in [0.29, 0.717) is 17.7 Å². The summed E-state index contributed by atoms with van der Waals surface area (Å²) >= 11 is 0. The highest BCUT2D eigenvalue weighted by Gasteiger charge is 2.16. The number of hydrogen-bond acceptors (Lipinski definition) is 4. The van der Waals surface area contributed by atoms with E-state index in [1.807, 2.05) is 6.92 Å². The third-order valence-corrected chi connectivity index (χ3v) is 4.16. The zero-order chi connectivity index (χ0) is 17.0. The number of nitrogens with one attached hydrogen (secondary N) is 1. The molecule has 6 nitrogen and oxygen atoms in total. The topological polar surface area (TPSA) is 102 Å². The van der Waals surface area contributed by atoms with Gasteiger partial charge in [0.15, 0.2) is 0 Å². The first kappa shape index (κ1) is 17.2. The third kappa shape index (κ3) is 4.17. The van der Waals surface area contributed by atoms with Crippen LogP contribution in [-0.4, -0.2) is 14.3 Å². The molecule has 0 saturated heterocycles. The minimum atomic E-state index is -3.93. The van der Waals surface area contributed by atoms with Crippen molar-refractivity contribution in [3.8, 4) is 0 Å². The molecule has 1 aromatic heterocycles. The lowest BCUT2D eigenvalue weighted by Gasteiger charge is -2.08. The number of nitrogens with two attached hydrogens (primary N) is 1. The molecule has 3 N–H and O–H groups in total. The molecule has 0 atom stereocenters. The van der Waals surface area contributed by atoms with E-state index in [2.05, 4.69) is 5.32 Å². The van der Waals surface area contributed by atoms with Crippen molar-refractivity contribution in [2.24, 2.45) is 5.14 Å². The molecule has 124 valence electrons. The van der Waals surface area contributed by atoms with Crippen LogP contribution in [0.15, 0.2) is 39.8 Å². The zero-order valence-electron chi connectivity index (χ0n) is 12.5. The maximum Gasteiger partial charge on any atom is 0.255 e. The number of amides is 1. The second-order valence-corrected chi connectivity index (χ2v) is 6.55. The Bertz CT molecular complexity index is 815. The Morgan fingerprint density at radius 2 is 2.09 bits per heavy atom. The van der Waals surface area contributed by atoms with Crippen LogP contribution < -0.4 is 10.5 Å². The minimum absolute atomic E-state index is 0.0328. The second-order valence-electron chi connectivity index (χ2n) is 4.99. The number of sulfonamides is 1. The van der Waals surface area contributed by atoms with Gasteiger partial charge in [0.2, 0.25) is 10.0 Å². The van der Waals surface area contributed by atoms with Crippen molar-refractivity contribution in [2.45, 2.75) is 31.2 Å². The van der Waals surface area contributed by atoms with E-state index in [9.17, 15) is 17.6 Å². The van der Waals surface area contributed by atoms with Crippen LogP contribution in [0, 0.1) is 5.82 Å². The number of aryl methyl sites for hydroxylation is 1. The van der Waals surface area contributed by atoms with Gasteiger partial charge in [-0.25, -0.2) is 17.9 Å². The minimum Gasteiger partial charge on any atom is -0.469 e. The molecule has 0 unspecified atom stereocenters. The molecule has 0 saturated carbocycles. The van der Waals surface area contributed by atoms with Crippen molar-refractivity contribution in [3.63, 3.8) is 0 Å². The molecule has 0 spiro atoms. The number of furan rings is 1. The number of carbonyl (C=O) groups is 1. The van der Waals surface area contributed by atoms with Crippen LogP contribution in [0.1, 0.15) is 35.0 Å². The fraction of sp³-hybridized carbons (Fsp3) is 0.267. The summed E-state index contributed by atoms with van der Waals surface area (Å²) in [6.07, 6.45) is 2.85. The molecule has 1 amide bonds. The van der Waals surface area contributed by atoms with Gasteiger partial charge in [0, 0.05) is 18.5 Å². The molecular weight excluding hydrogens is 323 g/mol. The Morgan fingerprint density at radius 3 is 2.74 bits per heavy atom. The van der Waals surface area contributed by atoms with E-state index in [1.54, 1.807) is 0 Å². The molecule has 0 fully saturated rings. The highest BCUT2D eigenvalue weighted by molar-refractivity contribution is 7.89. The van der Waals surface area contributed by atoms with Gasteiger partial charge in [-0.1, -0.05) is 6.92 Å². The lowest BCUT2D eigenvalue weighted by Crippen LogP contribution is -2.24. The van der Waals surface area contributed by atoms with Crippen molar-refractivity contribution < 1.29 is 22.0 Å². The standard InChI is InChI=1S/C15H17FN2O4S/c1-2-3-14-12(6-7-22-14)15(19)18-9-10-8-11(23(17,20)21)4-5-13(10)16/h4-8H,2-3,9H2,1H3,(H,18,19)(H2,17,20,21). The fourth-order valence-corrected chi connectivity index (χ4v) is 2.66. The van der Waals surface area contributed by atoms with Gasteiger partial charge in [-0.15, -0.1) is 0 Å². The Kier molecular flexibility index (Phi) is 5.17. The lowest BCUT2D eigenvalue weighted by molar-refractivity contribution is 0.0948. The van der Waals surface area contributed by atoms with Gasteiger partial charge < -0.3 is 9.73 Å². The van der Waals surface area contributed by atoms with E-state index in [-0.39, 0.29) is 17.0 Å². The normalized spacial score (nSPS) is 11.4. The quantitative estimate of drug-likeness (QED) is 0.839. The highest BCUT2D eigenvalue weighted by atomic mass is 32.2. The molecular formula is C15H17FN2O4S. The molecule has 0 radical (unpaired) electrons. The predicted octanol–water partition coefficient (Wildman–Crippen LogP) is 1.95. The summed E-state index contributed by atoms with van der Waals surface area (Å²) in [6, 6.07) is 4.72. The Balaban J connectivity index is 2.14. The Hall–Kier alpha value is -2.19. The van der Waals surface area contributed by atoms with Gasteiger partial charge in [-0.2, -0.15) is 0 Å². The molecule has 0 aliphatic carbocycles. The SMILES string of the molecule is CCCc1occc1C(=O)NCc1cc(S(N)(=O)=O)ccc1F. The van der Waals surface area contributed by atoms with Crippen molar-refractivity contribution in [3.05, 3.63) is 53.2 Å². The van der Waals surface area contributed by atoms with Crippen LogP contribution in [0.25, 0.3) is 0 Å². The van der Waals surface area contributed by atoms with Crippen LogP contribution in [0.5, 0.6) is 0 Å². The van der Waals surface area contributed by atoms with Gasteiger partial charge in [0.1, 0.15) is 11.6 Å². The molecule has 2 aromatic rings. The summed E-state index contributed by atoms with van der Waals surface area (Å²) in [5.74, 6) is -0.481. The summed E-state index contributed by atoms with van der Waals surface area (Å²) in [6.45, 7) is 1.79. The van der Waals surface area contributed by atoms with Crippen molar-refractivity contribution in [1.82, 2.24) is 5.32 Å². The first-order valence-electron chi connectivity index (χ1n) is 6.98. The molecule has 8 heteroatoms. The van der Waals surface area contributed by atoms with E-state index in [1.165, 1.54) is 12.3 Å². The average molecular weight is 340 g/mol. The van der Waals surface area contributed by atoms with Crippen molar-refractivity contribution >= 4 is 15.9 Å². The van der Waals surface area contributed by atoms with E-state index < -0.39 is 21.7 Å². The lowest BCUT2D eigenvalue weighted by atomic mass is 10.1. The molecule has 0 aliphatic rings. The molecule has 1 heterocycles. The summed E-state index contributed by atoms with van der Waals surface area (Å²) in [5, 5.41) is 7.56. The molecule has 2 rings (SSSR count). The smallest absolute Gasteiger partial charge is 0.255 e. The zero-order valence-corrected chi connectivity index (χ0v) is 13.3. The van der Waals surface area contributed by atoms with Crippen molar-refractivity contribution in [1.29, 1.82) is 0 Å². The number of hydrogen-bond donors (Lipinski definition) is 2. The van der Waals surface area contributed by atoms with Gasteiger partial charge in [0.05, 0.1) is 16.7 Å². The predicted molar refractivity (Wildman–Crippen MR) is 81.6 cm³/mol. The number of halogens is 1. The summed E-state index contributed by atoms with van der Waals surface area (Å²) in [7, 11) is -3.93. The molecule has 0 aliphatic heterocycles. The van der Waals surface area contributed by atoms with Crippen LogP contribution in [-0.2, 0) is 23.0 Å². The third-order valence-electron chi connectivity index (χ3n) is 3.25. The number of benzene rings is 1. The van der Waals surface area contributed by atoms with Gasteiger partial charge >= 0.3 is 0 Å². The summed E-state index contributed by atoms with van der Waals surface area (Å²) < 4.78 is 41.6. The van der Waals surface area contributed by atoms with E-state index in [4.69, 9.17) is 9.56 Å². The molecule has 0 bridgehead atoms. The van der Waals surface area contributed by atoms with Crippen molar-refractivity contribution in [2.75, 3.05) is 0 Å². The number of primary sulfonamides is 1. The average Bonchev–Trinajstić information content (AvgIpc) is 2.93. The van der Waals surface area contributed by atoms with E-state index >= 15 is 0 Å². The van der Waals surface area contributed by atoms with Crippen LogP contribution in [0.4, 0.5) is 4.39 Å². The molecule has 23 heavy (non-hydrogen) atoms. The van der Waals surface area contributed by atoms with Crippen LogP contribution >= 0.6 is 0 Å². The Morgan fingerprint density at radius 1 is 1.35 bits per heavy atom. The Labute approximate surface area is 133 Å². The number of rotatable bonds is 6. The monoisotopic (exact) mass is 340 g/mol. The molecule has 1 aromatic carbocycles. The van der Waals surface area contributed by atoms with Crippen LogP contribution in [0.2, 0.25) is 0 Å². The van der Waals surface area contributed by atoms with E-state index in [0.717, 1.165) is 24.6 Å². The van der Waals surface area contributed by atoms with Gasteiger partial charge in [0.25, 0.3) is 5.91 Å². The highest BCUT2D eigenvalue weighted by Crippen LogP contribution is 2.16. The first-order chi connectivity index (χ1) is 10.8. The van der Waals surface area contributed by atoms with Gasteiger partial charge in [-0.3, -0.25) is 4.79 Å². The van der Waals surface area contributed by atoms with Crippen LogP contribution in [0.3, 0.4) is 0 Å². The second kappa shape index (κ2) is 6.93. The number of carbonyl (C=O) groups excluding carboxylic acids is 1. The summed E-state index contributed by atoms with van der Waals surface area (Å²) in [4.78, 5) is 11.9. The van der Waals surface area contributed by atoms with Gasteiger partial charge in [-0.05, 0) is 30.7 Å². The fourth-order valence-electron chi connectivity index (χ4n) is 2.10. The maximum absolute atomic E-state index is 13.7. The summed E-state index contributed by atoms with van der Waals surface area (Å²) in [5.41, 5.74) is 0.417. The maximum atomic E-state index is 13.7. The first-order valence-corrected chi connectivity index (χ1v) is 8.53.